The molecule has 3 heterocycles. The minimum Gasteiger partial charge on any atom is -0.359 e. The molecule has 3 aromatic heterocycles. The van der Waals surface area contributed by atoms with Crippen LogP contribution < -0.4 is 4.90 Å². The molecule has 23 heavy (non-hydrogen) atoms. The number of fused-ring (bicyclic) bond motifs is 1. The largest absolute Gasteiger partial charge is 0.359 e. The van der Waals surface area contributed by atoms with Gasteiger partial charge in [0.1, 0.15) is 12.1 Å². The topological polar surface area (TPSA) is 75.5 Å². The fourth-order valence-corrected chi connectivity index (χ4v) is 3.09. The Balaban J connectivity index is 1.75. The van der Waals surface area contributed by atoms with Gasteiger partial charge in [0.25, 0.3) is 0 Å². The maximum absolute atomic E-state index is 4.47. The lowest BCUT2D eigenvalue weighted by atomic mass is 10.1. The van der Waals surface area contributed by atoms with Gasteiger partial charge in [-0.1, -0.05) is 0 Å². The van der Waals surface area contributed by atoms with E-state index < -0.39 is 0 Å². The molecule has 0 saturated carbocycles. The van der Waals surface area contributed by atoms with Crippen LogP contribution in [0.15, 0.2) is 6.33 Å². The number of aromatic nitrogens is 6. The zero-order chi connectivity index (χ0) is 16.6. The molecule has 0 aliphatic carbocycles. The Morgan fingerprint density at radius 1 is 1.17 bits per heavy atom. The Bertz CT molecular complexity index is 811. The first kappa shape index (κ1) is 15.5. The molecule has 3 aromatic rings. The number of hydrogen-bond acceptors (Lipinski definition) is 5. The van der Waals surface area contributed by atoms with E-state index in [2.05, 4.69) is 51.1 Å². The van der Waals surface area contributed by atoms with Crippen molar-refractivity contribution in [1.29, 1.82) is 0 Å². The van der Waals surface area contributed by atoms with Crippen LogP contribution in [0, 0.1) is 20.8 Å². The molecule has 0 amide bonds. The van der Waals surface area contributed by atoms with E-state index in [9.17, 15) is 0 Å². The van der Waals surface area contributed by atoms with Crippen LogP contribution in [0.4, 0.5) is 5.82 Å². The van der Waals surface area contributed by atoms with E-state index in [0.717, 1.165) is 53.3 Å². The van der Waals surface area contributed by atoms with Crippen molar-refractivity contribution in [3.63, 3.8) is 0 Å². The summed E-state index contributed by atoms with van der Waals surface area (Å²) >= 11 is 0. The van der Waals surface area contributed by atoms with Crippen LogP contribution >= 0.6 is 0 Å². The molecule has 0 bridgehead atoms. The minimum atomic E-state index is 0.876. The van der Waals surface area contributed by atoms with Crippen LogP contribution in [-0.4, -0.2) is 43.5 Å². The zero-order valence-corrected chi connectivity index (χ0v) is 14.4. The lowest BCUT2D eigenvalue weighted by Crippen LogP contribution is -2.21. The molecule has 0 fully saturated rings. The van der Waals surface area contributed by atoms with Crippen molar-refractivity contribution in [2.24, 2.45) is 7.05 Å². The minimum absolute atomic E-state index is 0.876. The van der Waals surface area contributed by atoms with Crippen molar-refractivity contribution < 1.29 is 0 Å². The van der Waals surface area contributed by atoms with E-state index in [4.69, 9.17) is 0 Å². The summed E-state index contributed by atoms with van der Waals surface area (Å²) < 4.78 is 1.81. The molecular weight excluding hydrogens is 290 g/mol. The Morgan fingerprint density at radius 2 is 1.96 bits per heavy atom. The SMILES string of the molecule is Cc1n[nH]c(C)c1CCCN(C)c1ncnc2c1c(C)nn2C. The lowest BCUT2D eigenvalue weighted by Gasteiger charge is -2.18. The first-order chi connectivity index (χ1) is 11.0. The van der Waals surface area contributed by atoms with Crippen molar-refractivity contribution in [3.05, 3.63) is 29.0 Å². The molecule has 7 nitrogen and oxygen atoms in total. The van der Waals surface area contributed by atoms with Gasteiger partial charge in [-0.15, -0.1) is 0 Å². The predicted octanol–water partition coefficient (Wildman–Crippen LogP) is 2.08. The van der Waals surface area contributed by atoms with E-state index in [1.165, 1.54) is 5.56 Å². The van der Waals surface area contributed by atoms with Crippen LogP contribution in [-0.2, 0) is 13.5 Å². The second-order valence-corrected chi connectivity index (χ2v) is 6.04. The summed E-state index contributed by atoms with van der Waals surface area (Å²) in [5, 5.41) is 12.8. The van der Waals surface area contributed by atoms with Crippen molar-refractivity contribution in [1.82, 2.24) is 29.9 Å². The Morgan fingerprint density at radius 3 is 2.65 bits per heavy atom. The highest BCUT2D eigenvalue weighted by Crippen LogP contribution is 2.25. The molecule has 0 unspecified atom stereocenters. The van der Waals surface area contributed by atoms with Crippen LogP contribution in [0.1, 0.15) is 29.1 Å². The first-order valence-corrected chi connectivity index (χ1v) is 7.85. The number of anilines is 1. The van der Waals surface area contributed by atoms with Crippen LogP contribution in [0.5, 0.6) is 0 Å². The van der Waals surface area contributed by atoms with Gasteiger partial charge in [-0.2, -0.15) is 10.2 Å². The van der Waals surface area contributed by atoms with Crippen molar-refractivity contribution in [3.8, 4) is 0 Å². The number of rotatable bonds is 5. The van der Waals surface area contributed by atoms with Gasteiger partial charge in [0.15, 0.2) is 5.65 Å². The van der Waals surface area contributed by atoms with Crippen LogP contribution in [0.25, 0.3) is 11.0 Å². The third-order valence-corrected chi connectivity index (χ3v) is 4.34. The molecule has 3 rings (SSSR count). The molecule has 0 radical (unpaired) electrons. The van der Waals surface area contributed by atoms with Gasteiger partial charge in [0.05, 0.1) is 16.8 Å². The first-order valence-electron chi connectivity index (χ1n) is 7.85. The Kier molecular flexibility index (Phi) is 4.02. The summed E-state index contributed by atoms with van der Waals surface area (Å²) in [5.74, 6) is 0.946. The molecule has 0 saturated heterocycles. The third kappa shape index (κ3) is 2.78. The van der Waals surface area contributed by atoms with Gasteiger partial charge in [-0.25, -0.2) is 9.97 Å². The molecule has 0 aliphatic rings. The average Bonchev–Trinajstić information content (AvgIpc) is 3.00. The van der Waals surface area contributed by atoms with Gasteiger partial charge in [-0.05, 0) is 39.2 Å². The van der Waals surface area contributed by atoms with Gasteiger partial charge in [-0.3, -0.25) is 9.78 Å². The smallest absolute Gasteiger partial charge is 0.163 e. The van der Waals surface area contributed by atoms with Gasteiger partial charge in [0.2, 0.25) is 0 Å². The summed E-state index contributed by atoms with van der Waals surface area (Å²) in [6, 6.07) is 0. The predicted molar refractivity (Wildman–Crippen MR) is 90.7 cm³/mol. The molecule has 1 N–H and O–H groups in total. The maximum atomic E-state index is 4.47. The normalized spacial score (nSPS) is 11.3. The molecule has 0 atom stereocenters. The molecule has 0 spiro atoms. The van der Waals surface area contributed by atoms with E-state index >= 15 is 0 Å². The fourth-order valence-electron chi connectivity index (χ4n) is 3.09. The average molecular weight is 313 g/mol. The van der Waals surface area contributed by atoms with Crippen molar-refractivity contribution in [2.75, 3.05) is 18.5 Å². The molecular formula is C16H23N7. The molecule has 7 heteroatoms. The summed E-state index contributed by atoms with van der Waals surface area (Å²) in [6.45, 7) is 7.05. The van der Waals surface area contributed by atoms with E-state index in [1.807, 2.05) is 18.7 Å². The third-order valence-electron chi connectivity index (χ3n) is 4.34. The Labute approximate surface area is 135 Å². The second kappa shape index (κ2) is 5.98. The number of H-pyrrole nitrogens is 1. The van der Waals surface area contributed by atoms with E-state index in [-0.39, 0.29) is 0 Å². The molecule has 0 aliphatic heterocycles. The number of aryl methyl sites for hydroxylation is 4. The number of aromatic amines is 1. The highest BCUT2D eigenvalue weighted by atomic mass is 15.3. The highest BCUT2D eigenvalue weighted by molar-refractivity contribution is 5.89. The quantitative estimate of drug-likeness (QED) is 0.780. The van der Waals surface area contributed by atoms with Gasteiger partial charge < -0.3 is 4.90 Å². The molecule has 0 aromatic carbocycles. The second-order valence-electron chi connectivity index (χ2n) is 6.04. The number of nitrogens with one attached hydrogen (secondary N) is 1. The number of hydrogen-bond donors (Lipinski definition) is 1. The number of nitrogens with zero attached hydrogens (tertiary/aromatic N) is 6. The highest BCUT2D eigenvalue weighted by Gasteiger charge is 2.15. The van der Waals surface area contributed by atoms with Crippen LogP contribution in [0.3, 0.4) is 0 Å². The maximum Gasteiger partial charge on any atom is 0.163 e. The van der Waals surface area contributed by atoms with Crippen molar-refractivity contribution >= 4 is 16.9 Å². The van der Waals surface area contributed by atoms with Crippen molar-refractivity contribution in [2.45, 2.75) is 33.6 Å². The summed E-state index contributed by atoms with van der Waals surface area (Å²) in [7, 11) is 3.99. The summed E-state index contributed by atoms with van der Waals surface area (Å²) in [4.78, 5) is 11.0. The van der Waals surface area contributed by atoms with E-state index in [0.29, 0.717) is 0 Å². The van der Waals surface area contributed by atoms with Crippen LogP contribution in [0.2, 0.25) is 0 Å². The van der Waals surface area contributed by atoms with Gasteiger partial charge in [0, 0.05) is 26.3 Å². The summed E-state index contributed by atoms with van der Waals surface area (Å²) in [6.07, 6.45) is 3.67. The summed E-state index contributed by atoms with van der Waals surface area (Å²) in [5.41, 5.74) is 5.42. The Hall–Kier alpha value is -2.44. The monoisotopic (exact) mass is 313 g/mol. The van der Waals surface area contributed by atoms with E-state index in [1.54, 1.807) is 6.33 Å². The molecule has 122 valence electrons. The fraction of sp³-hybridized carbons (Fsp3) is 0.500. The van der Waals surface area contributed by atoms with Gasteiger partial charge >= 0.3 is 0 Å². The lowest BCUT2D eigenvalue weighted by molar-refractivity contribution is 0.769. The zero-order valence-electron chi connectivity index (χ0n) is 14.4. The standard InChI is InChI=1S/C16H23N7/c1-10-13(11(2)20-19-10)7-6-8-22(4)15-14-12(3)21-23(5)16(14)18-9-17-15/h9H,6-8H2,1-5H3,(H,19,20).